The second-order valence-electron chi connectivity index (χ2n) is 4.99. The van der Waals surface area contributed by atoms with E-state index in [-0.39, 0.29) is 23.3 Å². The van der Waals surface area contributed by atoms with E-state index in [1.165, 1.54) is 0 Å². The maximum Gasteiger partial charge on any atom is 0.224 e. The molecule has 1 heterocycles. The molecule has 1 unspecified atom stereocenters. The van der Waals surface area contributed by atoms with E-state index in [0.29, 0.717) is 25.1 Å². The van der Waals surface area contributed by atoms with Gasteiger partial charge in [-0.2, -0.15) is 0 Å². The third-order valence-electron chi connectivity index (χ3n) is 3.26. The van der Waals surface area contributed by atoms with Crippen LogP contribution >= 0.6 is 0 Å². The number of amides is 1. The molecule has 1 aliphatic heterocycles. The molecule has 0 aliphatic carbocycles. The number of carbonyl (C=O) groups excluding carboxylic acids is 1. The second kappa shape index (κ2) is 5.61. The molecule has 0 bridgehead atoms. The highest BCUT2D eigenvalue weighted by atomic mass is 32.2. The summed E-state index contributed by atoms with van der Waals surface area (Å²) >= 11 is 0. The number of nitrogens with one attached hydrogen (secondary N) is 1. The predicted octanol–water partition coefficient (Wildman–Crippen LogP) is 0.362. The molecule has 104 valence electrons. The van der Waals surface area contributed by atoms with Gasteiger partial charge in [0.15, 0.2) is 9.84 Å². The predicted molar refractivity (Wildman–Crippen MR) is 74.3 cm³/mol. The summed E-state index contributed by atoms with van der Waals surface area (Å²) in [4.78, 5) is 11.7. The molecular formula is C13H18N2O3S. The average Bonchev–Trinajstić information content (AvgIpc) is 2.69. The van der Waals surface area contributed by atoms with Crippen LogP contribution in [0.5, 0.6) is 0 Å². The molecule has 0 saturated carbocycles. The van der Waals surface area contributed by atoms with E-state index in [2.05, 4.69) is 5.32 Å². The zero-order chi connectivity index (χ0) is 13.9. The van der Waals surface area contributed by atoms with Crippen LogP contribution in [0.15, 0.2) is 24.3 Å². The summed E-state index contributed by atoms with van der Waals surface area (Å²) in [5.74, 6) is 0.398. The number of rotatable bonds is 4. The van der Waals surface area contributed by atoms with Crippen LogP contribution in [0.3, 0.4) is 0 Å². The van der Waals surface area contributed by atoms with Gasteiger partial charge in [-0.15, -0.1) is 0 Å². The molecule has 1 saturated heterocycles. The minimum atomic E-state index is -2.87. The largest absolute Gasteiger partial charge is 0.399 e. The summed E-state index contributed by atoms with van der Waals surface area (Å²) in [5, 5.41) is 2.79. The molecule has 1 atom stereocenters. The SMILES string of the molecule is Nc1ccc(CC(=O)NCC2CCS(=O)(=O)C2)cc1. The monoisotopic (exact) mass is 282 g/mol. The molecule has 2 rings (SSSR count). The molecule has 19 heavy (non-hydrogen) atoms. The number of carbonyl (C=O) groups is 1. The molecule has 0 spiro atoms. The summed E-state index contributed by atoms with van der Waals surface area (Å²) in [6.07, 6.45) is 0.935. The Labute approximate surface area is 113 Å². The molecular weight excluding hydrogens is 264 g/mol. The quantitative estimate of drug-likeness (QED) is 0.780. The van der Waals surface area contributed by atoms with Crippen LogP contribution in [0.4, 0.5) is 5.69 Å². The van der Waals surface area contributed by atoms with Gasteiger partial charge in [-0.05, 0) is 30.0 Å². The first kappa shape index (κ1) is 13.9. The molecule has 1 fully saturated rings. The molecule has 6 heteroatoms. The number of benzene rings is 1. The van der Waals surface area contributed by atoms with Crippen molar-refractivity contribution < 1.29 is 13.2 Å². The zero-order valence-electron chi connectivity index (χ0n) is 10.6. The Morgan fingerprint density at radius 2 is 2.00 bits per heavy atom. The number of anilines is 1. The second-order valence-corrected chi connectivity index (χ2v) is 7.22. The Morgan fingerprint density at radius 3 is 2.58 bits per heavy atom. The van der Waals surface area contributed by atoms with E-state index < -0.39 is 9.84 Å². The first-order chi connectivity index (χ1) is 8.94. The fourth-order valence-electron chi connectivity index (χ4n) is 2.17. The lowest BCUT2D eigenvalue weighted by Gasteiger charge is -2.09. The van der Waals surface area contributed by atoms with Crippen LogP contribution in [0.2, 0.25) is 0 Å². The molecule has 1 aliphatic rings. The van der Waals surface area contributed by atoms with Gasteiger partial charge in [-0.25, -0.2) is 8.42 Å². The molecule has 1 amide bonds. The normalized spacial score (nSPS) is 21.2. The van der Waals surface area contributed by atoms with Crippen LogP contribution < -0.4 is 11.1 Å². The van der Waals surface area contributed by atoms with Crippen LogP contribution in [-0.2, 0) is 21.1 Å². The highest BCUT2D eigenvalue weighted by molar-refractivity contribution is 7.91. The van der Waals surface area contributed by atoms with Crippen LogP contribution in [0, 0.1) is 5.92 Å². The lowest BCUT2D eigenvalue weighted by atomic mass is 10.1. The van der Waals surface area contributed by atoms with E-state index in [1.54, 1.807) is 12.1 Å². The van der Waals surface area contributed by atoms with Gasteiger partial charge in [0, 0.05) is 12.2 Å². The van der Waals surface area contributed by atoms with Crippen molar-refractivity contribution in [2.45, 2.75) is 12.8 Å². The van der Waals surface area contributed by atoms with Gasteiger partial charge in [-0.3, -0.25) is 4.79 Å². The molecule has 1 aromatic carbocycles. The van der Waals surface area contributed by atoms with Crippen molar-refractivity contribution in [3.8, 4) is 0 Å². The van der Waals surface area contributed by atoms with E-state index in [1.807, 2.05) is 12.1 Å². The molecule has 3 N–H and O–H groups in total. The highest BCUT2D eigenvalue weighted by Crippen LogP contribution is 2.17. The van der Waals surface area contributed by atoms with Gasteiger partial charge in [0.05, 0.1) is 17.9 Å². The number of nitrogens with two attached hydrogens (primary N) is 1. The topological polar surface area (TPSA) is 89.3 Å². The Morgan fingerprint density at radius 1 is 1.32 bits per heavy atom. The third kappa shape index (κ3) is 4.24. The highest BCUT2D eigenvalue weighted by Gasteiger charge is 2.27. The van der Waals surface area contributed by atoms with Gasteiger partial charge in [0.2, 0.25) is 5.91 Å². The van der Waals surface area contributed by atoms with Crippen molar-refractivity contribution in [2.24, 2.45) is 5.92 Å². The van der Waals surface area contributed by atoms with E-state index in [4.69, 9.17) is 5.73 Å². The first-order valence-corrected chi connectivity index (χ1v) is 8.08. The molecule has 1 aromatic rings. The van der Waals surface area contributed by atoms with Gasteiger partial charge in [0.1, 0.15) is 0 Å². The smallest absolute Gasteiger partial charge is 0.224 e. The third-order valence-corrected chi connectivity index (χ3v) is 5.10. The fourth-order valence-corrected chi connectivity index (χ4v) is 4.04. The Kier molecular flexibility index (Phi) is 4.09. The summed E-state index contributed by atoms with van der Waals surface area (Å²) < 4.78 is 22.6. The molecule has 0 radical (unpaired) electrons. The Balaban J connectivity index is 1.78. The minimum absolute atomic E-state index is 0.0559. The van der Waals surface area contributed by atoms with Gasteiger partial charge in [0.25, 0.3) is 0 Å². The molecule has 5 nitrogen and oxygen atoms in total. The van der Waals surface area contributed by atoms with E-state index >= 15 is 0 Å². The zero-order valence-corrected chi connectivity index (χ0v) is 11.4. The first-order valence-electron chi connectivity index (χ1n) is 6.26. The van der Waals surface area contributed by atoms with Gasteiger partial charge < -0.3 is 11.1 Å². The summed E-state index contributed by atoms with van der Waals surface area (Å²) in [7, 11) is -2.87. The van der Waals surface area contributed by atoms with E-state index in [0.717, 1.165) is 5.56 Å². The lowest BCUT2D eigenvalue weighted by molar-refractivity contribution is -0.120. The summed E-state index contributed by atoms with van der Waals surface area (Å²) in [5.41, 5.74) is 7.13. The summed E-state index contributed by atoms with van der Waals surface area (Å²) in [6.45, 7) is 0.438. The van der Waals surface area contributed by atoms with Crippen LogP contribution in [0.1, 0.15) is 12.0 Å². The number of nitrogen functional groups attached to an aromatic ring is 1. The summed E-state index contributed by atoms with van der Waals surface area (Å²) in [6, 6.07) is 7.14. The lowest BCUT2D eigenvalue weighted by Crippen LogP contribution is -2.31. The van der Waals surface area contributed by atoms with Crippen LogP contribution in [-0.4, -0.2) is 32.4 Å². The Bertz CT molecular complexity index is 552. The van der Waals surface area contributed by atoms with Crippen molar-refractivity contribution in [2.75, 3.05) is 23.8 Å². The number of hydrogen-bond acceptors (Lipinski definition) is 4. The Hall–Kier alpha value is -1.56. The van der Waals surface area contributed by atoms with Gasteiger partial charge >= 0.3 is 0 Å². The van der Waals surface area contributed by atoms with Gasteiger partial charge in [-0.1, -0.05) is 12.1 Å². The standard InChI is InChI=1S/C13H18N2O3S/c14-12-3-1-10(2-4-12)7-13(16)15-8-11-5-6-19(17,18)9-11/h1-4,11H,5-9,14H2,(H,15,16). The maximum atomic E-state index is 11.7. The minimum Gasteiger partial charge on any atom is -0.399 e. The van der Waals surface area contributed by atoms with Crippen molar-refractivity contribution in [3.63, 3.8) is 0 Å². The fraction of sp³-hybridized carbons (Fsp3) is 0.462. The van der Waals surface area contributed by atoms with E-state index in [9.17, 15) is 13.2 Å². The maximum absolute atomic E-state index is 11.7. The molecule has 0 aromatic heterocycles. The van der Waals surface area contributed by atoms with Crippen molar-refractivity contribution in [1.29, 1.82) is 0 Å². The van der Waals surface area contributed by atoms with Crippen molar-refractivity contribution in [1.82, 2.24) is 5.32 Å². The van der Waals surface area contributed by atoms with Crippen LogP contribution in [0.25, 0.3) is 0 Å². The number of sulfone groups is 1. The van der Waals surface area contributed by atoms with Crippen molar-refractivity contribution in [3.05, 3.63) is 29.8 Å². The van der Waals surface area contributed by atoms with Crippen molar-refractivity contribution >= 4 is 21.4 Å². The average molecular weight is 282 g/mol. The number of hydrogen-bond donors (Lipinski definition) is 2.